The molecule has 1 aromatic carbocycles. The third kappa shape index (κ3) is 3.25. The molecule has 1 N–H and O–H groups in total. The number of carbonyl (C=O) groups is 1. The second kappa shape index (κ2) is 6.28. The molecule has 1 aromatic heterocycles. The molecule has 1 amide bonds. The summed E-state index contributed by atoms with van der Waals surface area (Å²) in [6.45, 7) is 0.512. The molecule has 0 bridgehead atoms. The zero-order chi connectivity index (χ0) is 14.7. The molecule has 0 aliphatic carbocycles. The number of hydrogen-bond donors (Lipinski definition) is 1. The van der Waals surface area contributed by atoms with Gasteiger partial charge in [-0.3, -0.25) is 4.79 Å². The van der Waals surface area contributed by atoms with Gasteiger partial charge in [-0.15, -0.1) is 11.3 Å². The van der Waals surface area contributed by atoms with Gasteiger partial charge in [0.2, 0.25) is 6.10 Å². The summed E-state index contributed by atoms with van der Waals surface area (Å²) in [6.07, 6.45) is -0.156. The second-order valence-corrected chi connectivity index (χ2v) is 6.05. The summed E-state index contributed by atoms with van der Waals surface area (Å²) < 4.78 is 0. The first-order valence-corrected chi connectivity index (χ1v) is 7.77. The van der Waals surface area contributed by atoms with Crippen molar-refractivity contribution in [3.05, 3.63) is 57.2 Å². The summed E-state index contributed by atoms with van der Waals surface area (Å²) in [5.41, 5.74) is 1.52. The third-order valence-corrected chi connectivity index (χ3v) is 4.37. The maximum Gasteiger partial charge on any atom is 0.264 e. The molecule has 108 valence electrons. The molecule has 0 saturated heterocycles. The van der Waals surface area contributed by atoms with E-state index in [0.717, 1.165) is 10.4 Å². The minimum Gasteiger partial charge on any atom is -0.382 e. The second-order valence-electron chi connectivity index (χ2n) is 4.61. The summed E-state index contributed by atoms with van der Waals surface area (Å²) in [5, 5.41) is 9.43. The Labute approximate surface area is 131 Å². The highest BCUT2D eigenvalue weighted by atomic mass is 35.5. The fourth-order valence-corrected chi connectivity index (χ4v) is 2.96. The van der Waals surface area contributed by atoms with Crippen molar-refractivity contribution in [2.24, 2.45) is 5.16 Å². The maximum atomic E-state index is 12.1. The number of amides is 1. The summed E-state index contributed by atoms with van der Waals surface area (Å²) in [5.74, 6) is -0.158. The van der Waals surface area contributed by atoms with Crippen LogP contribution in [0.25, 0.3) is 0 Å². The lowest BCUT2D eigenvalue weighted by molar-refractivity contribution is -0.131. The highest BCUT2D eigenvalue weighted by molar-refractivity contribution is 7.09. The van der Waals surface area contributed by atoms with Gasteiger partial charge in [0.05, 0.1) is 12.3 Å². The Kier molecular flexibility index (Phi) is 4.22. The maximum absolute atomic E-state index is 12.1. The van der Waals surface area contributed by atoms with E-state index in [-0.39, 0.29) is 5.91 Å². The average Bonchev–Trinajstić information content (AvgIpc) is 3.17. The first-order chi connectivity index (χ1) is 10.2. The molecule has 3 rings (SSSR count). The normalized spacial score (nSPS) is 17.2. The zero-order valence-electron chi connectivity index (χ0n) is 11.1. The predicted molar refractivity (Wildman–Crippen MR) is 83.6 cm³/mol. The Morgan fingerprint density at radius 2 is 2.24 bits per heavy atom. The molecule has 21 heavy (non-hydrogen) atoms. The van der Waals surface area contributed by atoms with E-state index in [4.69, 9.17) is 16.4 Å². The van der Waals surface area contributed by atoms with E-state index < -0.39 is 6.10 Å². The van der Waals surface area contributed by atoms with Crippen LogP contribution in [0, 0.1) is 0 Å². The van der Waals surface area contributed by atoms with Gasteiger partial charge in [-0.1, -0.05) is 41.0 Å². The summed E-state index contributed by atoms with van der Waals surface area (Å²) in [4.78, 5) is 18.4. The summed E-state index contributed by atoms with van der Waals surface area (Å²) in [7, 11) is 0. The molecule has 0 unspecified atom stereocenters. The van der Waals surface area contributed by atoms with Crippen LogP contribution in [-0.4, -0.2) is 17.7 Å². The molecule has 4 nitrogen and oxygen atoms in total. The van der Waals surface area contributed by atoms with Gasteiger partial charge >= 0.3 is 0 Å². The molecule has 0 saturated carbocycles. The van der Waals surface area contributed by atoms with Gasteiger partial charge < -0.3 is 10.2 Å². The van der Waals surface area contributed by atoms with E-state index in [2.05, 4.69) is 10.5 Å². The molecule has 6 heteroatoms. The lowest BCUT2D eigenvalue weighted by Gasteiger charge is -2.08. The van der Waals surface area contributed by atoms with Crippen LogP contribution in [-0.2, 0) is 16.2 Å². The lowest BCUT2D eigenvalue weighted by atomic mass is 10.0. The molecule has 0 radical (unpaired) electrons. The molecule has 2 heterocycles. The van der Waals surface area contributed by atoms with Crippen molar-refractivity contribution >= 4 is 34.6 Å². The van der Waals surface area contributed by atoms with Gasteiger partial charge in [-0.05, 0) is 17.5 Å². The summed E-state index contributed by atoms with van der Waals surface area (Å²) >= 11 is 7.73. The SMILES string of the molecule is O=C(NCc1cccs1)[C@H]1CC(c2ccccc2Cl)=NO1. The van der Waals surface area contributed by atoms with Crippen LogP contribution in [0.4, 0.5) is 0 Å². The van der Waals surface area contributed by atoms with Crippen molar-refractivity contribution in [2.45, 2.75) is 19.1 Å². The van der Waals surface area contributed by atoms with Gasteiger partial charge in [0, 0.05) is 21.9 Å². The van der Waals surface area contributed by atoms with Crippen LogP contribution < -0.4 is 5.32 Å². The number of halogens is 1. The average molecular weight is 321 g/mol. The number of nitrogens with one attached hydrogen (secondary N) is 1. The lowest BCUT2D eigenvalue weighted by Crippen LogP contribution is -2.34. The molecule has 1 aliphatic heterocycles. The van der Waals surface area contributed by atoms with Crippen LogP contribution in [0.2, 0.25) is 5.02 Å². The quantitative estimate of drug-likeness (QED) is 0.940. The van der Waals surface area contributed by atoms with Crippen molar-refractivity contribution in [1.82, 2.24) is 5.32 Å². The van der Waals surface area contributed by atoms with Gasteiger partial charge in [0.25, 0.3) is 5.91 Å². The number of hydrogen-bond acceptors (Lipinski definition) is 4. The van der Waals surface area contributed by atoms with Gasteiger partial charge in [-0.25, -0.2) is 0 Å². The van der Waals surface area contributed by atoms with Gasteiger partial charge in [0.1, 0.15) is 0 Å². The highest BCUT2D eigenvalue weighted by Gasteiger charge is 2.29. The molecule has 1 atom stereocenters. The monoisotopic (exact) mass is 320 g/mol. The van der Waals surface area contributed by atoms with E-state index in [1.165, 1.54) is 0 Å². The molecule has 2 aromatic rings. The van der Waals surface area contributed by atoms with Crippen molar-refractivity contribution in [2.75, 3.05) is 0 Å². The summed E-state index contributed by atoms with van der Waals surface area (Å²) in [6, 6.07) is 11.3. The zero-order valence-corrected chi connectivity index (χ0v) is 12.7. The minimum absolute atomic E-state index is 0.158. The fraction of sp³-hybridized carbons (Fsp3) is 0.200. The number of thiophene rings is 1. The largest absolute Gasteiger partial charge is 0.382 e. The van der Waals surface area contributed by atoms with Crippen molar-refractivity contribution in [1.29, 1.82) is 0 Å². The van der Waals surface area contributed by atoms with Gasteiger partial charge in [-0.2, -0.15) is 0 Å². The molecular formula is C15H13ClN2O2S. The Balaban J connectivity index is 1.58. The van der Waals surface area contributed by atoms with Crippen LogP contribution in [0.15, 0.2) is 46.9 Å². The van der Waals surface area contributed by atoms with Crippen LogP contribution in [0.1, 0.15) is 16.9 Å². The third-order valence-electron chi connectivity index (χ3n) is 3.16. The topological polar surface area (TPSA) is 50.7 Å². The first-order valence-electron chi connectivity index (χ1n) is 6.52. The number of nitrogens with zero attached hydrogens (tertiary/aromatic N) is 1. The van der Waals surface area contributed by atoms with E-state index in [9.17, 15) is 4.79 Å². The minimum atomic E-state index is -0.587. The number of rotatable bonds is 4. The Morgan fingerprint density at radius 1 is 1.38 bits per heavy atom. The van der Waals surface area contributed by atoms with Gasteiger partial charge in [0.15, 0.2) is 0 Å². The fourth-order valence-electron chi connectivity index (χ4n) is 2.07. The molecule has 0 spiro atoms. The molecule has 1 aliphatic rings. The number of carbonyl (C=O) groups excluding carboxylic acids is 1. The van der Waals surface area contributed by atoms with Crippen molar-refractivity contribution in [3.63, 3.8) is 0 Å². The Morgan fingerprint density at radius 3 is 3.00 bits per heavy atom. The van der Waals surface area contributed by atoms with Crippen molar-refractivity contribution in [3.8, 4) is 0 Å². The van der Waals surface area contributed by atoms with E-state index in [0.29, 0.717) is 23.7 Å². The standard InChI is InChI=1S/C15H13ClN2O2S/c16-12-6-2-1-5-11(12)13-8-14(20-18-13)15(19)17-9-10-4-3-7-21-10/h1-7,14H,8-9H2,(H,17,19)/t14-/m1/s1. The van der Waals surface area contributed by atoms with E-state index >= 15 is 0 Å². The first kappa shape index (κ1) is 14.1. The molecule has 0 fully saturated rings. The number of oxime groups is 1. The van der Waals surface area contributed by atoms with Crippen LogP contribution in [0.3, 0.4) is 0 Å². The Bertz CT molecular complexity index is 670. The van der Waals surface area contributed by atoms with E-state index in [1.807, 2.05) is 35.7 Å². The molecular weight excluding hydrogens is 308 g/mol. The van der Waals surface area contributed by atoms with Crippen molar-refractivity contribution < 1.29 is 9.63 Å². The van der Waals surface area contributed by atoms with Crippen LogP contribution in [0.5, 0.6) is 0 Å². The highest BCUT2D eigenvalue weighted by Crippen LogP contribution is 2.23. The number of benzene rings is 1. The van der Waals surface area contributed by atoms with E-state index in [1.54, 1.807) is 17.4 Å². The smallest absolute Gasteiger partial charge is 0.264 e. The van der Waals surface area contributed by atoms with Crippen LogP contribution >= 0.6 is 22.9 Å². The Hall–Kier alpha value is -1.85. The predicted octanol–water partition coefficient (Wildman–Crippen LogP) is 3.21.